The highest BCUT2D eigenvalue weighted by Gasteiger charge is 2.33. The molecule has 1 aliphatic rings. The molecule has 0 bridgehead atoms. The topological polar surface area (TPSA) is 63.9 Å². The van der Waals surface area contributed by atoms with Gasteiger partial charge in [-0.3, -0.25) is 4.90 Å². The van der Waals surface area contributed by atoms with Crippen LogP contribution in [0.3, 0.4) is 0 Å². The van der Waals surface area contributed by atoms with Gasteiger partial charge in [0, 0.05) is 19.1 Å². The van der Waals surface area contributed by atoms with Crippen LogP contribution in [0.5, 0.6) is 0 Å². The van der Waals surface area contributed by atoms with E-state index in [0.717, 1.165) is 0 Å². The fourth-order valence-corrected chi connectivity index (χ4v) is 1.45. The second-order valence-corrected chi connectivity index (χ2v) is 3.67. The third-order valence-electron chi connectivity index (χ3n) is 2.36. The maximum absolute atomic E-state index is 9.32. The Labute approximate surface area is 72.4 Å². The summed E-state index contributed by atoms with van der Waals surface area (Å²) in [5, 5.41) is 27.9. The predicted molar refractivity (Wildman–Crippen MR) is 44.7 cm³/mol. The van der Waals surface area contributed by atoms with Crippen LogP contribution in [0.25, 0.3) is 0 Å². The standard InChI is InChI=1S/C8H17NO3/c1-5(2)9-3-6(10)8(12)7(11)4-9/h5-8,10-12H,3-4H2,1-2H3. The number of piperidine rings is 1. The molecule has 0 aromatic rings. The summed E-state index contributed by atoms with van der Waals surface area (Å²) in [5.41, 5.74) is 0. The smallest absolute Gasteiger partial charge is 0.108 e. The van der Waals surface area contributed by atoms with E-state index in [1.54, 1.807) is 0 Å². The number of aliphatic hydroxyl groups excluding tert-OH is 3. The molecule has 1 rings (SSSR count). The Balaban J connectivity index is 2.53. The normalized spacial score (nSPS) is 39.0. The van der Waals surface area contributed by atoms with Crippen molar-refractivity contribution >= 4 is 0 Å². The van der Waals surface area contributed by atoms with Crippen molar-refractivity contribution in [2.75, 3.05) is 13.1 Å². The number of nitrogens with zero attached hydrogens (tertiary/aromatic N) is 1. The number of hydrogen-bond acceptors (Lipinski definition) is 4. The molecule has 0 radical (unpaired) electrons. The maximum atomic E-state index is 9.32. The summed E-state index contributed by atoms with van der Waals surface area (Å²) in [7, 11) is 0. The van der Waals surface area contributed by atoms with Crippen molar-refractivity contribution in [2.45, 2.75) is 38.2 Å². The van der Waals surface area contributed by atoms with Gasteiger partial charge >= 0.3 is 0 Å². The van der Waals surface area contributed by atoms with Gasteiger partial charge in [0.2, 0.25) is 0 Å². The van der Waals surface area contributed by atoms with Crippen LogP contribution in [0.2, 0.25) is 0 Å². The lowest BCUT2D eigenvalue weighted by atomic mass is 10.0. The lowest BCUT2D eigenvalue weighted by Gasteiger charge is -2.38. The van der Waals surface area contributed by atoms with Gasteiger partial charge in [-0.15, -0.1) is 0 Å². The molecule has 0 aromatic heterocycles. The fourth-order valence-electron chi connectivity index (χ4n) is 1.45. The van der Waals surface area contributed by atoms with Crippen LogP contribution >= 0.6 is 0 Å². The molecule has 0 saturated carbocycles. The second-order valence-electron chi connectivity index (χ2n) is 3.67. The molecule has 0 aliphatic carbocycles. The summed E-state index contributed by atoms with van der Waals surface area (Å²) < 4.78 is 0. The quantitative estimate of drug-likeness (QED) is 0.468. The van der Waals surface area contributed by atoms with Crippen LogP contribution in [0, 0.1) is 0 Å². The minimum atomic E-state index is -0.986. The monoisotopic (exact) mass is 175 g/mol. The summed E-state index contributed by atoms with van der Waals surface area (Å²) in [6.45, 7) is 4.88. The van der Waals surface area contributed by atoms with E-state index in [4.69, 9.17) is 0 Å². The van der Waals surface area contributed by atoms with E-state index in [9.17, 15) is 15.3 Å². The summed E-state index contributed by atoms with van der Waals surface area (Å²) in [4.78, 5) is 1.95. The van der Waals surface area contributed by atoms with Crippen LogP contribution in [-0.2, 0) is 0 Å². The first-order valence-electron chi connectivity index (χ1n) is 4.30. The molecular weight excluding hydrogens is 158 g/mol. The third-order valence-corrected chi connectivity index (χ3v) is 2.36. The van der Waals surface area contributed by atoms with Gasteiger partial charge in [-0.2, -0.15) is 0 Å². The molecule has 1 aliphatic heterocycles. The van der Waals surface area contributed by atoms with Gasteiger partial charge in [-0.1, -0.05) is 0 Å². The van der Waals surface area contributed by atoms with Crippen molar-refractivity contribution in [3.8, 4) is 0 Å². The zero-order valence-electron chi connectivity index (χ0n) is 7.51. The molecule has 2 atom stereocenters. The number of rotatable bonds is 1. The summed E-state index contributed by atoms with van der Waals surface area (Å²) >= 11 is 0. The Morgan fingerprint density at radius 1 is 1.08 bits per heavy atom. The van der Waals surface area contributed by atoms with E-state index >= 15 is 0 Å². The van der Waals surface area contributed by atoms with Crippen molar-refractivity contribution in [2.24, 2.45) is 0 Å². The molecule has 1 heterocycles. The molecule has 0 aromatic carbocycles. The van der Waals surface area contributed by atoms with Gasteiger partial charge in [0.05, 0.1) is 12.2 Å². The van der Waals surface area contributed by atoms with Crippen molar-refractivity contribution < 1.29 is 15.3 Å². The third kappa shape index (κ3) is 1.95. The number of β-amino-alcohol motifs (C(OH)–C–C–N with tert-alkyl or cyclic N) is 2. The number of likely N-dealkylation sites (tertiary alicyclic amines) is 1. The second kappa shape index (κ2) is 3.70. The van der Waals surface area contributed by atoms with E-state index in [2.05, 4.69) is 0 Å². The van der Waals surface area contributed by atoms with Crippen molar-refractivity contribution in [3.05, 3.63) is 0 Å². The molecular formula is C8H17NO3. The van der Waals surface area contributed by atoms with Gasteiger partial charge in [-0.05, 0) is 13.8 Å². The minimum absolute atomic E-state index is 0.293. The van der Waals surface area contributed by atoms with Crippen LogP contribution < -0.4 is 0 Å². The van der Waals surface area contributed by atoms with Crippen molar-refractivity contribution in [3.63, 3.8) is 0 Å². The van der Waals surface area contributed by atoms with E-state index < -0.39 is 18.3 Å². The zero-order valence-corrected chi connectivity index (χ0v) is 7.51. The van der Waals surface area contributed by atoms with E-state index in [-0.39, 0.29) is 0 Å². The molecule has 4 nitrogen and oxygen atoms in total. The van der Waals surface area contributed by atoms with Crippen LogP contribution in [0.4, 0.5) is 0 Å². The Morgan fingerprint density at radius 2 is 1.50 bits per heavy atom. The molecule has 1 saturated heterocycles. The molecule has 0 amide bonds. The molecule has 12 heavy (non-hydrogen) atoms. The highest BCUT2D eigenvalue weighted by molar-refractivity contribution is 4.87. The lowest BCUT2D eigenvalue weighted by molar-refractivity contribution is -0.115. The molecule has 4 heteroatoms. The maximum Gasteiger partial charge on any atom is 0.108 e. The Kier molecular flexibility index (Phi) is 3.06. The zero-order chi connectivity index (χ0) is 9.30. The first kappa shape index (κ1) is 9.92. The van der Waals surface area contributed by atoms with Crippen LogP contribution in [0.15, 0.2) is 0 Å². The molecule has 72 valence electrons. The van der Waals surface area contributed by atoms with Crippen molar-refractivity contribution in [1.29, 1.82) is 0 Å². The molecule has 3 N–H and O–H groups in total. The highest BCUT2D eigenvalue weighted by Crippen LogP contribution is 2.13. The number of hydrogen-bond donors (Lipinski definition) is 3. The van der Waals surface area contributed by atoms with E-state index in [0.29, 0.717) is 19.1 Å². The summed E-state index contributed by atoms with van der Waals surface area (Å²) in [5.74, 6) is 0. The Hall–Kier alpha value is -0.160. The molecule has 2 unspecified atom stereocenters. The SMILES string of the molecule is CC(C)N1CC(O)C(O)C(O)C1. The van der Waals surface area contributed by atoms with Gasteiger partial charge in [0.25, 0.3) is 0 Å². The van der Waals surface area contributed by atoms with Gasteiger partial charge < -0.3 is 15.3 Å². The Bertz CT molecular complexity index is 139. The largest absolute Gasteiger partial charge is 0.389 e. The average Bonchev–Trinajstić information content (AvgIpc) is 1.99. The fraction of sp³-hybridized carbons (Fsp3) is 1.00. The van der Waals surface area contributed by atoms with E-state index in [1.807, 2.05) is 18.7 Å². The van der Waals surface area contributed by atoms with Crippen LogP contribution in [0.1, 0.15) is 13.8 Å². The average molecular weight is 175 g/mol. The lowest BCUT2D eigenvalue weighted by Crippen LogP contribution is -2.56. The Morgan fingerprint density at radius 3 is 1.83 bits per heavy atom. The summed E-state index contributed by atoms with van der Waals surface area (Å²) in [6, 6.07) is 0.293. The van der Waals surface area contributed by atoms with Crippen LogP contribution in [-0.4, -0.2) is 57.7 Å². The molecule has 0 spiro atoms. The molecule has 1 fully saturated rings. The van der Waals surface area contributed by atoms with E-state index in [1.165, 1.54) is 0 Å². The van der Waals surface area contributed by atoms with Crippen molar-refractivity contribution in [1.82, 2.24) is 4.90 Å². The minimum Gasteiger partial charge on any atom is -0.389 e. The van der Waals surface area contributed by atoms with Gasteiger partial charge in [0.1, 0.15) is 6.10 Å². The predicted octanol–water partition coefficient (Wildman–Crippen LogP) is -1.21. The van der Waals surface area contributed by atoms with Gasteiger partial charge in [-0.25, -0.2) is 0 Å². The van der Waals surface area contributed by atoms with Gasteiger partial charge in [0.15, 0.2) is 0 Å². The summed E-state index contributed by atoms with van der Waals surface area (Å²) in [6.07, 6.45) is -2.63. The number of aliphatic hydroxyl groups is 3. The first-order valence-corrected chi connectivity index (χ1v) is 4.30. The highest BCUT2D eigenvalue weighted by atomic mass is 16.4. The first-order chi connectivity index (χ1) is 5.52.